The third-order valence-electron chi connectivity index (χ3n) is 4.81. The van der Waals surface area contributed by atoms with Gasteiger partial charge in [-0.15, -0.1) is 0 Å². The minimum absolute atomic E-state index is 0.130. The van der Waals surface area contributed by atoms with Gasteiger partial charge in [0.15, 0.2) is 14.7 Å². The standard InChI is InChI=1S/C23H22NO2S/c1-24(22-16-17-26-23(22)25)18-12-14-21(15-13-18)27(19-8-4-2-5-9-19)20-10-6-3-7-11-20/h2-15,22H,16-17H2,1H3/q+1. The third kappa shape index (κ3) is 3.71. The van der Waals surface area contributed by atoms with E-state index in [1.54, 1.807) is 0 Å². The molecule has 0 aliphatic carbocycles. The zero-order valence-corrected chi connectivity index (χ0v) is 16.1. The van der Waals surface area contributed by atoms with Gasteiger partial charge in [-0.1, -0.05) is 36.4 Å². The molecule has 27 heavy (non-hydrogen) atoms. The molecule has 0 radical (unpaired) electrons. The Balaban J connectivity index is 1.66. The van der Waals surface area contributed by atoms with Crippen molar-refractivity contribution in [3.63, 3.8) is 0 Å². The second-order valence-electron chi connectivity index (χ2n) is 6.51. The molecule has 0 N–H and O–H groups in total. The molecule has 0 saturated carbocycles. The maximum atomic E-state index is 11.9. The average molecular weight is 377 g/mol. The molecule has 0 bridgehead atoms. The topological polar surface area (TPSA) is 29.5 Å². The number of nitrogens with zero attached hydrogens (tertiary/aromatic N) is 1. The number of benzene rings is 3. The number of carbonyl (C=O) groups is 1. The van der Waals surface area contributed by atoms with Gasteiger partial charge < -0.3 is 9.64 Å². The van der Waals surface area contributed by atoms with E-state index < -0.39 is 0 Å². The lowest BCUT2D eigenvalue weighted by atomic mass is 10.2. The van der Waals surface area contributed by atoms with Crippen molar-refractivity contribution < 1.29 is 9.53 Å². The van der Waals surface area contributed by atoms with Crippen LogP contribution in [-0.2, 0) is 20.4 Å². The lowest BCUT2D eigenvalue weighted by Gasteiger charge is -2.23. The van der Waals surface area contributed by atoms with Crippen LogP contribution >= 0.6 is 0 Å². The van der Waals surface area contributed by atoms with Gasteiger partial charge in [0.25, 0.3) is 0 Å². The quantitative estimate of drug-likeness (QED) is 0.484. The van der Waals surface area contributed by atoms with Crippen LogP contribution in [0, 0.1) is 0 Å². The molecule has 3 aromatic carbocycles. The first-order valence-electron chi connectivity index (χ1n) is 9.08. The average Bonchev–Trinajstić information content (AvgIpc) is 3.16. The Bertz CT molecular complexity index is 857. The van der Waals surface area contributed by atoms with E-state index in [1.807, 2.05) is 11.9 Å². The SMILES string of the molecule is CN(c1ccc([S+](c2ccccc2)c2ccccc2)cc1)C1CCOC1=O. The van der Waals surface area contributed by atoms with Crippen LogP contribution in [0.15, 0.2) is 99.6 Å². The van der Waals surface area contributed by atoms with Gasteiger partial charge in [-0.05, 0) is 48.5 Å². The highest BCUT2D eigenvalue weighted by Gasteiger charge is 2.32. The van der Waals surface area contributed by atoms with Crippen LogP contribution < -0.4 is 4.90 Å². The predicted molar refractivity (Wildman–Crippen MR) is 109 cm³/mol. The molecule has 4 rings (SSSR count). The summed E-state index contributed by atoms with van der Waals surface area (Å²) >= 11 is 0. The van der Waals surface area contributed by atoms with Crippen molar-refractivity contribution in [3.05, 3.63) is 84.9 Å². The summed E-state index contributed by atoms with van der Waals surface area (Å²) in [5.41, 5.74) is 1.03. The highest BCUT2D eigenvalue weighted by Crippen LogP contribution is 2.32. The second kappa shape index (κ2) is 7.89. The van der Waals surface area contributed by atoms with Crippen LogP contribution in [0.2, 0.25) is 0 Å². The summed E-state index contributed by atoms with van der Waals surface area (Å²) in [6.45, 7) is 0.511. The van der Waals surface area contributed by atoms with Gasteiger partial charge in [-0.25, -0.2) is 4.79 Å². The smallest absolute Gasteiger partial charge is 0.328 e. The van der Waals surface area contributed by atoms with E-state index in [-0.39, 0.29) is 22.9 Å². The molecule has 4 heteroatoms. The van der Waals surface area contributed by atoms with Gasteiger partial charge in [-0.3, -0.25) is 0 Å². The molecule has 1 saturated heterocycles. The van der Waals surface area contributed by atoms with Crippen molar-refractivity contribution in [2.75, 3.05) is 18.6 Å². The fourth-order valence-electron chi connectivity index (χ4n) is 3.36. The number of cyclic esters (lactones) is 1. The van der Waals surface area contributed by atoms with Crippen LogP contribution in [-0.4, -0.2) is 25.7 Å². The van der Waals surface area contributed by atoms with Gasteiger partial charge in [0.2, 0.25) is 0 Å². The zero-order chi connectivity index (χ0) is 18.6. The molecule has 1 aliphatic heterocycles. The number of esters is 1. The molecule has 0 amide bonds. The van der Waals surface area contributed by atoms with E-state index >= 15 is 0 Å². The van der Waals surface area contributed by atoms with Crippen molar-refractivity contribution in [2.24, 2.45) is 0 Å². The summed E-state index contributed by atoms with van der Waals surface area (Å²) in [5, 5.41) is 0. The molecule has 0 aromatic heterocycles. The molecule has 1 unspecified atom stereocenters. The van der Waals surface area contributed by atoms with Crippen molar-refractivity contribution in [3.8, 4) is 0 Å². The Morgan fingerprint density at radius 2 is 1.33 bits per heavy atom. The third-order valence-corrected chi connectivity index (χ3v) is 7.04. The summed E-state index contributed by atoms with van der Waals surface area (Å²) < 4.78 is 5.11. The Hall–Kier alpha value is -2.72. The first kappa shape index (κ1) is 17.7. The molecule has 3 aromatic rings. The molecular weight excluding hydrogens is 354 g/mol. The second-order valence-corrected chi connectivity index (χ2v) is 8.54. The van der Waals surface area contributed by atoms with Gasteiger partial charge in [0, 0.05) is 19.2 Å². The number of hydrogen-bond acceptors (Lipinski definition) is 3. The van der Waals surface area contributed by atoms with Crippen molar-refractivity contribution in [2.45, 2.75) is 27.1 Å². The first-order chi connectivity index (χ1) is 13.2. The summed E-state index contributed by atoms with van der Waals surface area (Å²) in [7, 11) is 1.80. The first-order valence-corrected chi connectivity index (χ1v) is 10.3. The van der Waals surface area contributed by atoms with Crippen molar-refractivity contribution in [1.82, 2.24) is 0 Å². The summed E-state index contributed by atoms with van der Waals surface area (Å²) in [6, 6.07) is 29.6. The number of hydrogen-bond donors (Lipinski definition) is 0. The summed E-state index contributed by atoms with van der Waals surface area (Å²) in [6.07, 6.45) is 0.746. The van der Waals surface area contributed by atoms with E-state index in [2.05, 4.69) is 84.9 Å². The minimum atomic E-state index is -0.183. The Morgan fingerprint density at radius 1 is 0.815 bits per heavy atom. The van der Waals surface area contributed by atoms with E-state index in [4.69, 9.17) is 4.74 Å². The largest absolute Gasteiger partial charge is 0.464 e. The fraction of sp³-hybridized carbons (Fsp3) is 0.174. The summed E-state index contributed by atoms with van der Waals surface area (Å²) in [5.74, 6) is -0.130. The summed E-state index contributed by atoms with van der Waals surface area (Å²) in [4.78, 5) is 17.7. The van der Waals surface area contributed by atoms with Gasteiger partial charge >= 0.3 is 5.97 Å². The van der Waals surface area contributed by atoms with Crippen LogP contribution in [0.3, 0.4) is 0 Å². The molecule has 3 nitrogen and oxygen atoms in total. The Morgan fingerprint density at radius 3 is 1.81 bits per heavy atom. The molecule has 1 fully saturated rings. The highest BCUT2D eigenvalue weighted by atomic mass is 32.2. The fourth-order valence-corrected chi connectivity index (χ4v) is 5.44. The Labute approximate surface area is 162 Å². The zero-order valence-electron chi connectivity index (χ0n) is 15.2. The van der Waals surface area contributed by atoms with Crippen LogP contribution in [0.4, 0.5) is 5.69 Å². The maximum Gasteiger partial charge on any atom is 0.328 e. The number of anilines is 1. The van der Waals surface area contributed by atoms with Gasteiger partial charge in [0.05, 0.1) is 17.5 Å². The molecular formula is C23H22NO2S+. The minimum Gasteiger partial charge on any atom is -0.464 e. The molecule has 1 aliphatic rings. The van der Waals surface area contributed by atoms with Crippen molar-refractivity contribution >= 4 is 22.6 Å². The molecule has 1 atom stereocenters. The van der Waals surface area contributed by atoms with E-state index in [9.17, 15) is 4.79 Å². The number of ether oxygens (including phenoxy) is 1. The normalized spacial score (nSPS) is 16.4. The lowest BCUT2D eigenvalue weighted by Crippen LogP contribution is -2.35. The number of carbonyl (C=O) groups excluding carboxylic acids is 1. The van der Waals surface area contributed by atoms with Crippen LogP contribution in [0.1, 0.15) is 6.42 Å². The van der Waals surface area contributed by atoms with E-state index in [0.717, 1.165) is 12.1 Å². The predicted octanol–water partition coefficient (Wildman–Crippen LogP) is 4.53. The van der Waals surface area contributed by atoms with E-state index in [0.29, 0.717) is 6.61 Å². The number of likely N-dealkylation sites (N-methyl/N-ethyl adjacent to an activating group) is 1. The molecule has 136 valence electrons. The Kier molecular flexibility index (Phi) is 5.16. The monoisotopic (exact) mass is 376 g/mol. The maximum absolute atomic E-state index is 11.9. The molecule has 0 spiro atoms. The highest BCUT2D eigenvalue weighted by molar-refractivity contribution is 7.97. The van der Waals surface area contributed by atoms with Gasteiger partial charge in [0.1, 0.15) is 6.04 Å². The number of rotatable bonds is 5. The van der Waals surface area contributed by atoms with Crippen LogP contribution in [0.25, 0.3) is 0 Å². The van der Waals surface area contributed by atoms with Gasteiger partial charge in [-0.2, -0.15) is 0 Å². The van der Waals surface area contributed by atoms with Crippen molar-refractivity contribution in [1.29, 1.82) is 0 Å². The van der Waals surface area contributed by atoms with Crippen LogP contribution in [0.5, 0.6) is 0 Å². The molecule has 1 heterocycles. The van der Waals surface area contributed by atoms with E-state index in [1.165, 1.54) is 14.7 Å². The lowest BCUT2D eigenvalue weighted by molar-refractivity contribution is -0.139.